The van der Waals surface area contributed by atoms with Crippen molar-refractivity contribution in [3.8, 4) is 5.75 Å². The van der Waals surface area contributed by atoms with Crippen LogP contribution in [0, 0.1) is 5.41 Å². The second-order valence-electron chi connectivity index (χ2n) is 7.69. The molecule has 0 radical (unpaired) electrons. The summed E-state index contributed by atoms with van der Waals surface area (Å²) < 4.78 is 5.38. The lowest BCUT2D eigenvalue weighted by molar-refractivity contribution is 0.165. The maximum absolute atomic E-state index is 5.38. The van der Waals surface area contributed by atoms with Gasteiger partial charge < -0.3 is 10.1 Å². The largest absolute Gasteiger partial charge is 0.497 e. The highest BCUT2D eigenvalue weighted by Gasteiger charge is 2.33. The van der Waals surface area contributed by atoms with Crippen molar-refractivity contribution in [3.63, 3.8) is 0 Å². The fourth-order valence-electron chi connectivity index (χ4n) is 3.39. The zero-order chi connectivity index (χ0) is 15.3. The molecule has 1 N–H and O–H groups in total. The molecule has 0 unspecified atom stereocenters. The van der Waals surface area contributed by atoms with Gasteiger partial charge in [0.2, 0.25) is 0 Å². The summed E-state index contributed by atoms with van der Waals surface area (Å²) in [5.74, 6) is 0.974. The van der Waals surface area contributed by atoms with E-state index < -0.39 is 0 Å². The van der Waals surface area contributed by atoms with Crippen LogP contribution < -0.4 is 10.1 Å². The van der Waals surface area contributed by atoms with E-state index in [1.54, 1.807) is 7.11 Å². The molecule has 0 bridgehead atoms. The van der Waals surface area contributed by atoms with Crippen LogP contribution in [0.1, 0.15) is 58.4 Å². The Morgan fingerprint density at radius 2 is 1.86 bits per heavy atom. The first kappa shape index (κ1) is 16.4. The van der Waals surface area contributed by atoms with Gasteiger partial charge in [0.15, 0.2) is 0 Å². The zero-order valence-corrected chi connectivity index (χ0v) is 14.2. The molecule has 2 nitrogen and oxygen atoms in total. The number of hydrogen-bond donors (Lipinski definition) is 1. The van der Waals surface area contributed by atoms with Gasteiger partial charge in [0, 0.05) is 12.1 Å². The monoisotopic (exact) mass is 289 g/mol. The second-order valence-corrected chi connectivity index (χ2v) is 7.69. The van der Waals surface area contributed by atoms with Crippen LogP contribution in [0.3, 0.4) is 0 Å². The van der Waals surface area contributed by atoms with Crippen LogP contribution in [0.5, 0.6) is 5.75 Å². The summed E-state index contributed by atoms with van der Waals surface area (Å²) in [4.78, 5) is 0. The molecule has 1 aliphatic rings. The average Bonchev–Trinajstić information content (AvgIpc) is 2.46. The molecular weight excluding hydrogens is 258 g/mol. The molecule has 2 rings (SSSR count). The molecule has 1 aromatic carbocycles. The van der Waals surface area contributed by atoms with Crippen molar-refractivity contribution in [2.24, 2.45) is 5.41 Å². The fourth-order valence-corrected chi connectivity index (χ4v) is 3.39. The third-order valence-electron chi connectivity index (χ3n) is 4.62. The molecule has 0 spiro atoms. The van der Waals surface area contributed by atoms with E-state index in [4.69, 9.17) is 4.74 Å². The lowest BCUT2D eigenvalue weighted by Gasteiger charge is -2.40. The van der Waals surface area contributed by atoms with Gasteiger partial charge in [-0.25, -0.2) is 0 Å². The van der Waals surface area contributed by atoms with Crippen LogP contribution in [-0.4, -0.2) is 19.2 Å². The van der Waals surface area contributed by atoms with E-state index in [1.807, 2.05) is 6.07 Å². The predicted octanol–water partition coefficient (Wildman–Crippen LogP) is 4.58. The Balaban J connectivity index is 2.11. The van der Waals surface area contributed by atoms with Crippen LogP contribution in [-0.2, 0) is 6.42 Å². The van der Waals surface area contributed by atoms with Crippen molar-refractivity contribution in [1.29, 1.82) is 0 Å². The van der Waals surface area contributed by atoms with Crippen LogP contribution in [0.25, 0.3) is 0 Å². The smallest absolute Gasteiger partial charge is 0.119 e. The highest BCUT2D eigenvalue weighted by atomic mass is 16.5. The first-order valence-electron chi connectivity index (χ1n) is 8.31. The van der Waals surface area contributed by atoms with Gasteiger partial charge in [-0.3, -0.25) is 0 Å². The SMILES string of the molecule is COc1cccc(CC2(CNC(C)(C)C)CCCCC2)c1. The Kier molecular flexibility index (Phi) is 5.32. The van der Waals surface area contributed by atoms with Crippen LogP contribution in [0.15, 0.2) is 24.3 Å². The molecule has 21 heavy (non-hydrogen) atoms. The maximum atomic E-state index is 5.38. The second kappa shape index (κ2) is 6.83. The summed E-state index contributed by atoms with van der Waals surface area (Å²) >= 11 is 0. The van der Waals surface area contributed by atoms with E-state index in [-0.39, 0.29) is 5.54 Å². The lowest BCUT2D eigenvalue weighted by Crippen LogP contribution is -2.45. The standard InChI is InChI=1S/C19H31NO/c1-18(2,3)20-15-19(11-6-5-7-12-19)14-16-9-8-10-17(13-16)21-4/h8-10,13,20H,5-7,11-12,14-15H2,1-4H3. The van der Waals surface area contributed by atoms with Crippen LogP contribution in [0.2, 0.25) is 0 Å². The summed E-state index contributed by atoms with van der Waals surface area (Å²) in [6.07, 6.45) is 7.98. The summed E-state index contributed by atoms with van der Waals surface area (Å²) in [6, 6.07) is 8.59. The van der Waals surface area contributed by atoms with Gasteiger partial charge in [0.25, 0.3) is 0 Å². The van der Waals surface area contributed by atoms with E-state index in [0.717, 1.165) is 18.7 Å². The number of benzene rings is 1. The molecular formula is C19H31NO. The fraction of sp³-hybridized carbons (Fsp3) is 0.684. The van der Waals surface area contributed by atoms with Crippen molar-refractivity contribution in [2.75, 3.05) is 13.7 Å². The number of ether oxygens (including phenoxy) is 1. The van der Waals surface area contributed by atoms with Gasteiger partial charge in [-0.1, -0.05) is 31.4 Å². The molecule has 1 saturated carbocycles. The van der Waals surface area contributed by atoms with Crippen molar-refractivity contribution < 1.29 is 4.74 Å². The van der Waals surface area contributed by atoms with E-state index in [2.05, 4.69) is 44.3 Å². The van der Waals surface area contributed by atoms with Gasteiger partial charge in [-0.2, -0.15) is 0 Å². The van der Waals surface area contributed by atoms with E-state index in [9.17, 15) is 0 Å². The minimum absolute atomic E-state index is 0.193. The number of rotatable bonds is 5. The van der Waals surface area contributed by atoms with Gasteiger partial charge >= 0.3 is 0 Å². The van der Waals surface area contributed by atoms with Gasteiger partial charge in [-0.05, 0) is 63.1 Å². The predicted molar refractivity (Wildman–Crippen MR) is 90.0 cm³/mol. The minimum Gasteiger partial charge on any atom is -0.497 e. The molecule has 0 amide bonds. The van der Waals surface area contributed by atoms with Crippen LogP contribution >= 0.6 is 0 Å². The van der Waals surface area contributed by atoms with Crippen molar-refractivity contribution in [2.45, 2.75) is 64.8 Å². The molecule has 0 heterocycles. The molecule has 1 fully saturated rings. The number of hydrogen-bond acceptors (Lipinski definition) is 2. The molecule has 1 aliphatic carbocycles. The Morgan fingerprint density at radius 3 is 2.48 bits per heavy atom. The normalized spacial score (nSPS) is 18.5. The highest BCUT2D eigenvalue weighted by Crippen LogP contribution is 2.39. The summed E-state index contributed by atoms with van der Waals surface area (Å²) in [6.45, 7) is 7.90. The Hall–Kier alpha value is -1.02. The molecule has 0 aliphatic heterocycles. The number of methoxy groups -OCH3 is 1. The van der Waals surface area contributed by atoms with E-state index in [1.165, 1.54) is 37.7 Å². The molecule has 118 valence electrons. The third kappa shape index (κ3) is 5.03. The van der Waals surface area contributed by atoms with Crippen molar-refractivity contribution in [1.82, 2.24) is 5.32 Å². The minimum atomic E-state index is 0.193. The van der Waals surface area contributed by atoms with Gasteiger partial charge in [0.1, 0.15) is 5.75 Å². The average molecular weight is 289 g/mol. The molecule has 0 saturated heterocycles. The Labute approximate surface area is 130 Å². The molecule has 0 aromatic heterocycles. The summed E-state index contributed by atoms with van der Waals surface area (Å²) in [5.41, 5.74) is 2.02. The summed E-state index contributed by atoms with van der Waals surface area (Å²) in [7, 11) is 1.75. The molecule has 1 aromatic rings. The first-order valence-corrected chi connectivity index (χ1v) is 8.31. The lowest BCUT2D eigenvalue weighted by atomic mass is 9.70. The van der Waals surface area contributed by atoms with Crippen molar-refractivity contribution >= 4 is 0 Å². The zero-order valence-electron chi connectivity index (χ0n) is 14.2. The molecule has 2 heteroatoms. The van der Waals surface area contributed by atoms with E-state index >= 15 is 0 Å². The maximum Gasteiger partial charge on any atom is 0.119 e. The summed E-state index contributed by atoms with van der Waals surface area (Å²) in [5, 5.41) is 3.75. The first-order chi connectivity index (χ1) is 9.92. The van der Waals surface area contributed by atoms with E-state index in [0.29, 0.717) is 5.41 Å². The van der Waals surface area contributed by atoms with Crippen LogP contribution in [0.4, 0.5) is 0 Å². The third-order valence-corrected chi connectivity index (χ3v) is 4.62. The Morgan fingerprint density at radius 1 is 1.14 bits per heavy atom. The Bertz CT molecular complexity index is 441. The topological polar surface area (TPSA) is 21.3 Å². The van der Waals surface area contributed by atoms with Gasteiger partial charge in [0.05, 0.1) is 7.11 Å². The number of nitrogens with one attached hydrogen (secondary N) is 1. The molecule has 0 atom stereocenters. The van der Waals surface area contributed by atoms with Crippen molar-refractivity contribution in [3.05, 3.63) is 29.8 Å². The van der Waals surface area contributed by atoms with Gasteiger partial charge in [-0.15, -0.1) is 0 Å². The quantitative estimate of drug-likeness (QED) is 0.857. The highest BCUT2D eigenvalue weighted by molar-refractivity contribution is 5.29.